The topological polar surface area (TPSA) is 88.8 Å². The number of ether oxygens (including phenoxy) is 1. The van der Waals surface area contributed by atoms with Gasteiger partial charge in [0.1, 0.15) is 22.8 Å². The van der Waals surface area contributed by atoms with Gasteiger partial charge in [-0.2, -0.15) is 13.2 Å². The van der Waals surface area contributed by atoms with E-state index in [0.717, 1.165) is 12.1 Å². The van der Waals surface area contributed by atoms with Crippen LogP contribution in [-0.2, 0) is 17.5 Å². The van der Waals surface area contributed by atoms with E-state index in [1.165, 1.54) is 25.1 Å². The molecule has 134 valence electrons. The molecular weight excluding hydrogens is 343 g/mol. The van der Waals surface area contributed by atoms with Gasteiger partial charge in [0.15, 0.2) is 6.61 Å². The Morgan fingerprint density at radius 1 is 1.28 bits per heavy atom. The fourth-order valence-electron chi connectivity index (χ4n) is 2.05. The predicted octanol–water partition coefficient (Wildman–Crippen LogP) is 3.00. The second kappa shape index (κ2) is 7.29. The van der Waals surface area contributed by atoms with E-state index in [2.05, 4.69) is 5.32 Å². The number of alkyl halides is 3. The van der Waals surface area contributed by atoms with Crippen LogP contribution in [0.4, 0.5) is 13.2 Å². The number of rotatable bonds is 6. The summed E-state index contributed by atoms with van der Waals surface area (Å²) in [6.45, 7) is 0.724. The maximum Gasteiger partial charge on any atom is 0.419 e. The molecule has 9 heteroatoms. The molecule has 2 rings (SSSR count). The number of aryl methyl sites for hydroxylation is 1. The van der Waals surface area contributed by atoms with Gasteiger partial charge in [0.05, 0.1) is 12.1 Å². The van der Waals surface area contributed by atoms with Crippen LogP contribution in [0.15, 0.2) is 34.7 Å². The Kier molecular flexibility index (Phi) is 5.35. The van der Waals surface area contributed by atoms with Crippen molar-refractivity contribution < 1.29 is 37.0 Å². The molecule has 1 aromatic heterocycles. The Morgan fingerprint density at radius 3 is 2.56 bits per heavy atom. The molecule has 0 aliphatic rings. The van der Waals surface area contributed by atoms with Crippen molar-refractivity contribution in [1.29, 1.82) is 0 Å². The molecule has 2 N–H and O–H groups in total. The first-order valence-corrected chi connectivity index (χ1v) is 7.07. The highest BCUT2D eigenvalue weighted by atomic mass is 19.4. The van der Waals surface area contributed by atoms with Gasteiger partial charge in [0.2, 0.25) is 0 Å². The van der Waals surface area contributed by atoms with Crippen LogP contribution in [0.25, 0.3) is 0 Å². The van der Waals surface area contributed by atoms with Gasteiger partial charge in [0.25, 0.3) is 5.91 Å². The normalized spacial score (nSPS) is 11.2. The van der Waals surface area contributed by atoms with Crippen molar-refractivity contribution >= 4 is 11.9 Å². The maximum absolute atomic E-state index is 12.8. The van der Waals surface area contributed by atoms with Crippen molar-refractivity contribution in [3.63, 3.8) is 0 Å². The SMILES string of the molecule is Cc1oc(CNC(=O)COc2ccccc2C(F)(F)F)cc1C(=O)O. The summed E-state index contributed by atoms with van der Waals surface area (Å²) < 4.78 is 48.5. The number of amides is 1. The van der Waals surface area contributed by atoms with Crippen LogP contribution >= 0.6 is 0 Å². The first-order chi connectivity index (χ1) is 11.7. The molecule has 0 saturated heterocycles. The van der Waals surface area contributed by atoms with Crippen LogP contribution in [0.1, 0.15) is 27.4 Å². The number of carbonyl (C=O) groups excluding carboxylic acids is 1. The lowest BCUT2D eigenvalue weighted by molar-refractivity contribution is -0.139. The molecule has 6 nitrogen and oxygen atoms in total. The average Bonchev–Trinajstić information content (AvgIpc) is 2.91. The number of para-hydroxylation sites is 1. The summed E-state index contributed by atoms with van der Waals surface area (Å²) in [6.07, 6.45) is -4.59. The lowest BCUT2D eigenvalue weighted by Gasteiger charge is -2.13. The van der Waals surface area contributed by atoms with Crippen molar-refractivity contribution in [3.05, 3.63) is 53.0 Å². The molecule has 25 heavy (non-hydrogen) atoms. The fourth-order valence-corrected chi connectivity index (χ4v) is 2.05. The van der Waals surface area contributed by atoms with E-state index < -0.39 is 36.0 Å². The fraction of sp³-hybridized carbons (Fsp3) is 0.250. The Labute approximate surface area is 140 Å². The molecule has 0 atom stereocenters. The van der Waals surface area contributed by atoms with Crippen molar-refractivity contribution in [2.24, 2.45) is 0 Å². The van der Waals surface area contributed by atoms with Gasteiger partial charge in [-0.05, 0) is 25.1 Å². The Morgan fingerprint density at radius 2 is 1.96 bits per heavy atom. The molecule has 0 saturated carbocycles. The molecule has 0 radical (unpaired) electrons. The number of aromatic carboxylic acids is 1. The van der Waals surface area contributed by atoms with E-state index in [1.54, 1.807) is 0 Å². The summed E-state index contributed by atoms with van der Waals surface area (Å²) in [7, 11) is 0. The van der Waals surface area contributed by atoms with Gasteiger partial charge < -0.3 is 19.6 Å². The Bertz CT molecular complexity index is 782. The standard InChI is InChI=1S/C16H14F3NO5/c1-9-11(15(22)23)6-10(25-9)7-20-14(21)8-24-13-5-3-2-4-12(13)16(17,18)19/h2-6H,7-8H2,1H3,(H,20,21)(H,22,23). The number of carbonyl (C=O) groups is 2. The molecule has 1 heterocycles. The van der Waals surface area contributed by atoms with E-state index in [9.17, 15) is 22.8 Å². The number of hydrogen-bond acceptors (Lipinski definition) is 4. The van der Waals surface area contributed by atoms with Gasteiger partial charge in [-0.1, -0.05) is 12.1 Å². The van der Waals surface area contributed by atoms with Crippen LogP contribution in [0, 0.1) is 6.92 Å². The zero-order chi connectivity index (χ0) is 18.6. The predicted molar refractivity (Wildman–Crippen MR) is 79.2 cm³/mol. The number of halogens is 3. The third-order valence-electron chi connectivity index (χ3n) is 3.21. The van der Waals surface area contributed by atoms with Crippen molar-refractivity contribution in [2.75, 3.05) is 6.61 Å². The van der Waals surface area contributed by atoms with Gasteiger partial charge in [-0.3, -0.25) is 4.79 Å². The third-order valence-corrected chi connectivity index (χ3v) is 3.21. The van der Waals surface area contributed by atoms with Crippen LogP contribution < -0.4 is 10.1 Å². The summed E-state index contributed by atoms with van der Waals surface area (Å²) in [5.74, 6) is -1.90. The molecular formula is C16H14F3NO5. The van der Waals surface area contributed by atoms with Crippen molar-refractivity contribution in [1.82, 2.24) is 5.32 Å². The maximum atomic E-state index is 12.8. The highest BCUT2D eigenvalue weighted by Gasteiger charge is 2.34. The summed E-state index contributed by atoms with van der Waals surface area (Å²) >= 11 is 0. The first-order valence-electron chi connectivity index (χ1n) is 7.07. The Hall–Kier alpha value is -2.97. The largest absolute Gasteiger partial charge is 0.483 e. The summed E-state index contributed by atoms with van der Waals surface area (Å²) in [4.78, 5) is 22.6. The van der Waals surface area contributed by atoms with Crippen LogP contribution in [0.2, 0.25) is 0 Å². The third kappa shape index (κ3) is 4.75. The molecule has 0 aliphatic carbocycles. The summed E-state index contributed by atoms with van der Waals surface area (Å²) in [6, 6.07) is 5.81. The molecule has 0 aliphatic heterocycles. The lowest BCUT2D eigenvalue weighted by atomic mass is 10.2. The molecule has 0 unspecified atom stereocenters. The molecule has 2 aromatic rings. The second-order valence-corrected chi connectivity index (χ2v) is 5.05. The summed E-state index contributed by atoms with van der Waals surface area (Å²) in [5, 5.41) is 11.3. The zero-order valence-corrected chi connectivity index (χ0v) is 13.0. The van der Waals surface area contributed by atoms with Gasteiger partial charge in [0, 0.05) is 0 Å². The number of nitrogens with one attached hydrogen (secondary N) is 1. The van der Waals surface area contributed by atoms with Crippen molar-refractivity contribution in [2.45, 2.75) is 19.6 Å². The Balaban J connectivity index is 1.92. The lowest BCUT2D eigenvalue weighted by Crippen LogP contribution is -2.28. The van der Waals surface area contributed by atoms with E-state index in [1.807, 2.05) is 0 Å². The zero-order valence-electron chi connectivity index (χ0n) is 13.0. The van der Waals surface area contributed by atoms with Gasteiger partial charge in [-0.25, -0.2) is 4.79 Å². The van der Waals surface area contributed by atoms with Crippen LogP contribution in [-0.4, -0.2) is 23.6 Å². The smallest absolute Gasteiger partial charge is 0.419 e. The van der Waals surface area contributed by atoms with Gasteiger partial charge in [-0.15, -0.1) is 0 Å². The minimum Gasteiger partial charge on any atom is -0.483 e. The number of furan rings is 1. The minimum absolute atomic E-state index is 0.0281. The van der Waals surface area contributed by atoms with E-state index >= 15 is 0 Å². The molecule has 0 bridgehead atoms. The number of carboxylic acids is 1. The quantitative estimate of drug-likeness (QED) is 0.830. The van der Waals surface area contributed by atoms with E-state index in [-0.39, 0.29) is 23.6 Å². The number of hydrogen-bond donors (Lipinski definition) is 2. The minimum atomic E-state index is -4.59. The molecule has 0 spiro atoms. The first kappa shape index (κ1) is 18.4. The molecule has 0 fully saturated rings. The monoisotopic (exact) mass is 357 g/mol. The number of benzene rings is 1. The average molecular weight is 357 g/mol. The second-order valence-electron chi connectivity index (χ2n) is 5.05. The van der Waals surface area contributed by atoms with Crippen molar-refractivity contribution in [3.8, 4) is 5.75 Å². The van der Waals surface area contributed by atoms with Gasteiger partial charge >= 0.3 is 12.1 Å². The highest BCUT2D eigenvalue weighted by molar-refractivity contribution is 5.88. The number of carboxylic acid groups (broad SMARTS) is 1. The van der Waals surface area contributed by atoms with E-state index in [0.29, 0.717) is 0 Å². The van der Waals surface area contributed by atoms with Crippen LogP contribution in [0.3, 0.4) is 0 Å². The molecule has 1 aromatic carbocycles. The molecule has 1 amide bonds. The highest BCUT2D eigenvalue weighted by Crippen LogP contribution is 2.35. The van der Waals surface area contributed by atoms with E-state index in [4.69, 9.17) is 14.3 Å². The van der Waals surface area contributed by atoms with Crippen LogP contribution in [0.5, 0.6) is 5.75 Å². The summed E-state index contributed by atoms with van der Waals surface area (Å²) in [5.41, 5.74) is -1.00.